The van der Waals surface area contributed by atoms with E-state index in [0.717, 1.165) is 31.8 Å². The van der Waals surface area contributed by atoms with Gasteiger partial charge in [-0.05, 0) is 19.5 Å². The molecule has 0 amide bonds. The molecule has 62 valence electrons. The minimum absolute atomic E-state index is 0.0219. The lowest BCUT2D eigenvalue weighted by molar-refractivity contribution is 0.659. The summed E-state index contributed by atoms with van der Waals surface area (Å²) in [6.45, 7) is 2.71. The molecule has 5 heteroatoms. The lowest BCUT2D eigenvalue weighted by Gasteiger charge is -2.00. The van der Waals surface area contributed by atoms with Crippen LogP contribution in [0.2, 0.25) is 0 Å². The first-order valence-corrected chi connectivity index (χ1v) is 5.99. The summed E-state index contributed by atoms with van der Waals surface area (Å²) in [5.41, 5.74) is 5.29. The maximum absolute atomic E-state index is 8.41. The summed E-state index contributed by atoms with van der Waals surface area (Å²) in [4.78, 5) is 8.41. The maximum Gasteiger partial charge on any atom is 0.0704 e. The van der Waals surface area contributed by atoms with Crippen molar-refractivity contribution >= 4 is 19.4 Å². The van der Waals surface area contributed by atoms with Gasteiger partial charge in [0.1, 0.15) is 0 Å². The standard InChI is InChI=1S/C5H15N2OPS/c6-2-1-3-7-4-5-10-9-8/h7-9H,1-6H2. The molecule has 0 heterocycles. The lowest BCUT2D eigenvalue weighted by atomic mass is 10.4. The van der Waals surface area contributed by atoms with Gasteiger partial charge in [-0.2, -0.15) is 0 Å². The van der Waals surface area contributed by atoms with Crippen molar-refractivity contribution in [2.24, 2.45) is 5.73 Å². The van der Waals surface area contributed by atoms with Gasteiger partial charge in [0.05, 0.1) is 8.01 Å². The third-order valence-electron chi connectivity index (χ3n) is 1.00. The van der Waals surface area contributed by atoms with Crippen LogP contribution in [0.4, 0.5) is 0 Å². The molecule has 0 fully saturated rings. The van der Waals surface area contributed by atoms with Gasteiger partial charge < -0.3 is 15.9 Å². The topological polar surface area (TPSA) is 58.3 Å². The normalized spacial score (nSPS) is 11.4. The van der Waals surface area contributed by atoms with Gasteiger partial charge >= 0.3 is 0 Å². The highest BCUT2D eigenvalue weighted by Gasteiger charge is 1.86. The fourth-order valence-electron chi connectivity index (χ4n) is 0.521. The molecular formula is C5H15N2OPS. The summed E-state index contributed by atoms with van der Waals surface area (Å²) in [5, 5.41) is 3.21. The Balaban J connectivity index is 2.65. The predicted octanol–water partition coefficient (Wildman–Crippen LogP) is 0.159. The van der Waals surface area contributed by atoms with Crippen LogP contribution in [0.3, 0.4) is 0 Å². The first kappa shape index (κ1) is 10.7. The van der Waals surface area contributed by atoms with E-state index in [1.165, 1.54) is 0 Å². The van der Waals surface area contributed by atoms with Crippen LogP contribution in [0.5, 0.6) is 0 Å². The van der Waals surface area contributed by atoms with Crippen molar-refractivity contribution in [2.45, 2.75) is 6.42 Å². The molecule has 1 unspecified atom stereocenters. The maximum atomic E-state index is 8.41. The molecule has 0 radical (unpaired) electrons. The van der Waals surface area contributed by atoms with Gasteiger partial charge in [-0.3, -0.25) is 0 Å². The molecule has 0 aliphatic rings. The van der Waals surface area contributed by atoms with Crippen LogP contribution in [0.25, 0.3) is 0 Å². The minimum Gasteiger partial charge on any atom is -0.366 e. The van der Waals surface area contributed by atoms with Crippen LogP contribution in [-0.4, -0.2) is 30.3 Å². The zero-order valence-corrected chi connectivity index (χ0v) is 7.78. The van der Waals surface area contributed by atoms with Crippen molar-refractivity contribution in [1.82, 2.24) is 5.32 Å². The molecule has 1 atom stereocenters. The van der Waals surface area contributed by atoms with E-state index in [1.807, 2.05) is 0 Å². The van der Waals surface area contributed by atoms with Gasteiger partial charge in [0, 0.05) is 12.3 Å². The summed E-state index contributed by atoms with van der Waals surface area (Å²) < 4.78 is 0. The first-order valence-electron chi connectivity index (χ1n) is 3.33. The van der Waals surface area contributed by atoms with Crippen LogP contribution >= 0.6 is 19.4 Å². The SMILES string of the molecule is NCCCNCCSPO. The van der Waals surface area contributed by atoms with Crippen LogP contribution in [0.1, 0.15) is 6.42 Å². The van der Waals surface area contributed by atoms with Gasteiger partial charge in [0.25, 0.3) is 0 Å². The van der Waals surface area contributed by atoms with Crippen molar-refractivity contribution in [1.29, 1.82) is 0 Å². The van der Waals surface area contributed by atoms with Crippen molar-refractivity contribution in [3.63, 3.8) is 0 Å². The Morgan fingerprint density at radius 1 is 1.50 bits per heavy atom. The predicted molar refractivity (Wildman–Crippen MR) is 49.5 cm³/mol. The molecule has 0 aromatic rings. The molecule has 0 saturated heterocycles. The first-order chi connectivity index (χ1) is 4.91. The van der Waals surface area contributed by atoms with Gasteiger partial charge in [0.2, 0.25) is 0 Å². The fraction of sp³-hybridized carbons (Fsp3) is 1.00. The van der Waals surface area contributed by atoms with Crippen molar-refractivity contribution in [3.05, 3.63) is 0 Å². The minimum atomic E-state index is 0.0219. The van der Waals surface area contributed by atoms with E-state index in [2.05, 4.69) is 5.32 Å². The Labute approximate surface area is 67.8 Å². The highest BCUT2D eigenvalue weighted by Crippen LogP contribution is 2.22. The molecule has 3 nitrogen and oxygen atoms in total. The Hall–Kier alpha value is 0.660. The summed E-state index contributed by atoms with van der Waals surface area (Å²) in [6, 6.07) is 0. The number of nitrogens with two attached hydrogens (primary N) is 1. The number of hydrogen-bond acceptors (Lipinski definition) is 4. The third-order valence-corrected chi connectivity index (χ3v) is 2.54. The summed E-state index contributed by atoms with van der Waals surface area (Å²) in [6.07, 6.45) is 1.03. The molecule has 0 aromatic carbocycles. The molecule has 0 rings (SSSR count). The highest BCUT2D eigenvalue weighted by molar-refractivity contribution is 8.47. The van der Waals surface area contributed by atoms with E-state index in [9.17, 15) is 0 Å². The van der Waals surface area contributed by atoms with Crippen molar-refractivity contribution in [3.8, 4) is 0 Å². The van der Waals surface area contributed by atoms with Gasteiger partial charge in [0.15, 0.2) is 0 Å². The Bertz CT molecular complexity index is 59.6. The molecule has 4 N–H and O–H groups in total. The summed E-state index contributed by atoms with van der Waals surface area (Å²) in [7, 11) is 0.0219. The van der Waals surface area contributed by atoms with E-state index in [-0.39, 0.29) is 8.01 Å². The molecular weight excluding hydrogens is 167 g/mol. The van der Waals surface area contributed by atoms with Gasteiger partial charge in [-0.1, -0.05) is 0 Å². The second-order valence-electron chi connectivity index (χ2n) is 1.83. The molecule has 0 aliphatic carbocycles. The second kappa shape index (κ2) is 9.66. The van der Waals surface area contributed by atoms with Crippen LogP contribution in [-0.2, 0) is 0 Å². The van der Waals surface area contributed by atoms with Crippen LogP contribution in [0.15, 0.2) is 0 Å². The number of nitrogens with one attached hydrogen (secondary N) is 1. The van der Waals surface area contributed by atoms with E-state index in [1.54, 1.807) is 11.4 Å². The third kappa shape index (κ3) is 8.66. The summed E-state index contributed by atoms with van der Waals surface area (Å²) in [5.74, 6) is 0.986. The molecule has 10 heavy (non-hydrogen) atoms. The molecule has 0 bridgehead atoms. The molecule has 0 saturated carbocycles. The van der Waals surface area contributed by atoms with E-state index < -0.39 is 0 Å². The Kier molecular flexibility index (Phi) is 10.3. The second-order valence-corrected chi connectivity index (χ2v) is 4.13. The highest BCUT2D eigenvalue weighted by atomic mass is 32.7. The average molecular weight is 182 g/mol. The zero-order valence-electron chi connectivity index (χ0n) is 5.97. The van der Waals surface area contributed by atoms with Crippen LogP contribution < -0.4 is 11.1 Å². The molecule has 0 aromatic heterocycles. The van der Waals surface area contributed by atoms with Crippen molar-refractivity contribution < 1.29 is 4.89 Å². The van der Waals surface area contributed by atoms with E-state index in [4.69, 9.17) is 10.6 Å². The monoisotopic (exact) mass is 182 g/mol. The van der Waals surface area contributed by atoms with E-state index in [0.29, 0.717) is 0 Å². The van der Waals surface area contributed by atoms with Crippen LogP contribution in [0, 0.1) is 0 Å². The smallest absolute Gasteiger partial charge is 0.0704 e. The van der Waals surface area contributed by atoms with Crippen molar-refractivity contribution in [2.75, 3.05) is 25.4 Å². The zero-order chi connectivity index (χ0) is 7.66. The van der Waals surface area contributed by atoms with Gasteiger partial charge in [-0.15, -0.1) is 11.4 Å². The number of rotatable bonds is 7. The average Bonchev–Trinajstić information content (AvgIpc) is 1.97. The number of hydrogen-bond donors (Lipinski definition) is 3. The van der Waals surface area contributed by atoms with Gasteiger partial charge in [-0.25, -0.2) is 0 Å². The molecule has 0 aliphatic heterocycles. The lowest BCUT2D eigenvalue weighted by Crippen LogP contribution is -2.20. The molecule has 0 spiro atoms. The Morgan fingerprint density at radius 3 is 2.90 bits per heavy atom. The largest absolute Gasteiger partial charge is 0.366 e. The quantitative estimate of drug-likeness (QED) is 0.388. The summed E-state index contributed by atoms with van der Waals surface area (Å²) >= 11 is 1.56. The fourth-order valence-corrected chi connectivity index (χ4v) is 1.44. The van der Waals surface area contributed by atoms with E-state index >= 15 is 0 Å². The Morgan fingerprint density at radius 2 is 2.30 bits per heavy atom.